The van der Waals surface area contributed by atoms with E-state index in [0.29, 0.717) is 17.8 Å². The maximum Gasteiger partial charge on any atom is 0.227 e. The van der Waals surface area contributed by atoms with Crippen LogP contribution in [0.4, 0.5) is 10.1 Å². The van der Waals surface area contributed by atoms with Crippen LogP contribution in [0.5, 0.6) is 0 Å². The summed E-state index contributed by atoms with van der Waals surface area (Å²) in [6.07, 6.45) is 0.126. The molecule has 27 heavy (non-hydrogen) atoms. The number of aromatic nitrogens is 1. The fourth-order valence-corrected chi connectivity index (χ4v) is 4.09. The van der Waals surface area contributed by atoms with E-state index in [9.17, 15) is 14.0 Å². The van der Waals surface area contributed by atoms with Crippen molar-refractivity contribution in [1.29, 1.82) is 0 Å². The van der Waals surface area contributed by atoms with Crippen molar-refractivity contribution < 1.29 is 14.0 Å². The van der Waals surface area contributed by atoms with E-state index in [4.69, 9.17) is 0 Å². The molecule has 2 aromatic carbocycles. The molecule has 0 radical (unpaired) electrons. The molecular weight excluding hydrogens is 365 g/mol. The van der Waals surface area contributed by atoms with Crippen LogP contribution in [-0.4, -0.2) is 23.3 Å². The molecule has 4 rings (SSSR count). The van der Waals surface area contributed by atoms with Crippen LogP contribution in [0, 0.1) is 18.7 Å². The highest BCUT2D eigenvalue weighted by Gasteiger charge is 2.35. The SMILES string of the molecule is Cc1ccc(N2C[C@H](C(=O)NCc3nc4ccccc4s3)CC2=O)cc1F. The van der Waals surface area contributed by atoms with E-state index in [1.807, 2.05) is 24.3 Å². The summed E-state index contributed by atoms with van der Waals surface area (Å²) < 4.78 is 14.9. The molecule has 0 bridgehead atoms. The van der Waals surface area contributed by atoms with Crippen LogP contribution in [0.15, 0.2) is 42.5 Å². The average Bonchev–Trinajstić information content (AvgIpc) is 3.25. The second-order valence-corrected chi connectivity index (χ2v) is 7.75. The molecule has 1 fully saturated rings. The summed E-state index contributed by atoms with van der Waals surface area (Å²) >= 11 is 1.54. The van der Waals surface area contributed by atoms with Gasteiger partial charge in [0.15, 0.2) is 0 Å². The van der Waals surface area contributed by atoms with E-state index in [1.165, 1.54) is 22.3 Å². The zero-order valence-electron chi connectivity index (χ0n) is 14.7. The molecule has 7 heteroatoms. The molecule has 0 unspecified atom stereocenters. The number of carbonyl (C=O) groups is 2. The standard InChI is InChI=1S/C20H18FN3O2S/c1-12-6-7-14(9-15(12)21)24-11-13(8-19(24)25)20(26)22-10-18-23-16-4-2-3-5-17(16)27-18/h2-7,9,13H,8,10-11H2,1H3,(H,22,26)/t13-/m1/s1. The van der Waals surface area contributed by atoms with Crippen molar-refractivity contribution in [3.05, 3.63) is 58.9 Å². The van der Waals surface area contributed by atoms with Crippen molar-refractivity contribution in [2.24, 2.45) is 5.92 Å². The molecule has 2 heterocycles. The number of anilines is 1. The number of amides is 2. The number of halogens is 1. The number of nitrogens with zero attached hydrogens (tertiary/aromatic N) is 2. The summed E-state index contributed by atoms with van der Waals surface area (Å²) in [5, 5.41) is 3.70. The monoisotopic (exact) mass is 383 g/mol. The maximum absolute atomic E-state index is 13.8. The topological polar surface area (TPSA) is 62.3 Å². The Bertz CT molecular complexity index is 1000. The van der Waals surface area contributed by atoms with E-state index >= 15 is 0 Å². The number of aryl methyl sites for hydroxylation is 1. The zero-order valence-corrected chi connectivity index (χ0v) is 15.6. The van der Waals surface area contributed by atoms with Gasteiger partial charge in [-0.2, -0.15) is 0 Å². The normalized spacial score (nSPS) is 16.9. The van der Waals surface area contributed by atoms with Gasteiger partial charge in [0, 0.05) is 18.7 Å². The Kier molecular flexibility index (Phi) is 4.61. The largest absolute Gasteiger partial charge is 0.349 e. The van der Waals surface area contributed by atoms with Gasteiger partial charge in [-0.25, -0.2) is 9.37 Å². The second kappa shape index (κ2) is 7.08. The fourth-order valence-electron chi connectivity index (χ4n) is 3.19. The van der Waals surface area contributed by atoms with E-state index in [0.717, 1.165) is 15.2 Å². The molecule has 1 saturated heterocycles. The summed E-state index contributed by atoms with van der Waals surface area (Å²) in [6, 6.07) is 12.5. The van der Waals surface area contributed by atoms with Crippen LogP contribution in [0.25, 0.3) is 10.2 Å². The highest BCUT2D eigenvalue weighted by atomic mass is 32.1. The van der Waals surface area contributed by atoms with E-state index < -0.39 is 5.92 Å². The fraction of sp³-hybridized carbons (Fsp3) is 0.250. The first kappa shape index (κ1) is 17.6. The first-order chi connectivity index (χ1) is 13.0. The summed E-state index contributed by atoms with van der Waals surface area (Å²) in [7, 11) is 0. The number of para-hydroxylation sites is 1. The molecule has 1 atom stereocenters. The number of rotatable bonds is 4. The molecule has 1 N–H and O–H groups in total. The van der Waals surface area contributed by atoms with Crippen molar-refractivity contribution in [3.8, 4) is 0 Å². The van der Waals surface area contributed by atoms with Crippen LogP contribution in [0.3, 0.4) is 0 Å². The summed E-state index contributed by atoms with van der Waals surface area (Å²) in [4.78, 5) is 30.7. The predicted molar refractivity (Wildman–Crippen MR) is 103 cm³/mol. The Morgan fingerprint density at radius 1 is 1.33 bits per heavy atom. The van der Waals surface area contributed by atoms with E-state index in [1.54, 1.807) is 19.1 Å². The summed E-state index contributed by atoms with van der Waals surface area (Å²) in [6.45, 7) is 2.26. The van der Waals surface area contributed by atoms with Gasteiger partial charge >= 0.3 is 0 Å². The minimum atomic E-state index is -0.448. The van der Waals surface area contributed by atoms with Crippen LogP contribution < -0.4 is 10.2 Å². The van der Waals surface area contributed by atoms with Gasteiger partial charge in [0.1, 0.15) is 10.8 Å². The van der Waals surface area contributed by atoms with Gasteiger partial charge in [-0.3, -0.25) is 9.59 Å². The Morgan fingerprint density at radius 3 is 2.93 bits per heavy atom. The number of fused-ring (bicyclic) bond motifs is 1. The number of thiazole rings is 1. The van der Waals surface area contributed by atoms with Crippen molar-refractivity contribution in [2.45, 2.75) is 19.9 Å². The quantitative estimate of drug-likeness (QED) is 0.751. The smallest absolute Gasteiger partial charge is 0.227 e. The van der Waals surface area contributed by atoms with Gasteiger partial charge in [-0.15, -0.1) is 11.3 Å². The molecular formula is C20H18FN3O2S. The van der Waals surface area contributed by atoms with Gasteiger partial charge in [0.2, 0.25) is 11.8 Å². The Labute approximate surface area is 159 Å². The van der Waals surface area contributed by atoms with Crippen LogP contribution in [-0.2, 0) is 16.1 Å². The zero-order chi connectivity index (χ0) is 19.0. The summed E-state index contributed by atoms with van der Waals surface area (Å²) in [5.74, 6) is -1.16. The second-order valence-electron chi connectivity index (χ2n) is 6.63. The molecule has 3 aromatic rings. The number of benzene rings is 2. The Hall–Kier alpha value is -2.80. The molecule has 1 aliphatic heterocycles. The van der Waals surface area contributed by atoms with Crippen LogP contribution >= 0.6 is 11.3 Å². The maximum atomic E-state index is 13.8. The van der Waals surface area contributed by atoms with Gasteiger partial charge < -0.3 is 10.2 Å². The lowest BCUT2D eigenvalue weighted by Gasteiger charge is -2.17. The minimum Gasteiger partial charge on any atom is -0.349 e. The minimum absolute atomic E-state index is 0.126. The van der Waals surface area contributed by atoms with Crippen molar-refractivity contribution in [3.63, 3.8) is 0 Å². The average molecular weight is 383 g/mol. The lowest BCUT2D eigenvalue weighted by molar-refractivity contribution is -0.126. The Morgan fingerprint density at radius 2 is 2.15 bits per heavy atom. The molecule has 0 saturated carbocycles. The number of hydrogen-bond donors (Lipinski definition) is 1. The lowest BCUT2D eigenvalue weighted by Crippen LogP contribution is -2.32. The van der Waals surface area contributed by atoms with Crippen molar-refractivity contribution in [2.75, 3.05) is 11.4 Å². The number of carbonyl (C=O) groups excluding carboxylic acids is 2. The van der Waals surface area contributed by atoms with E-state index in [2.05, 4.69) is 10.3 Å². The highest BCUT2D eigenvalue weighted by molar-refractivity contribution is 7.18. The number of nitrogens with one attached hydrogen (secondary N) is 1. The number of hydrogen-bond acceptors (Lipinski definition) is 4. The third-order valence-electron chi connectivity index (χ3n) is 4.71. The van der Waals surface area contributed by atoms with Crippen LogP contribution in [0.1, 0.15) is 17.0 Å². The molecule has 5 nitrogen and oxygen atoms in total. The van der Waals surface area contributed by atoms with Gasteiger partial charge in [0.05, 0.1) is 22.7 Å². The van der Waals surface area contributed by atoms with Crippen LogP contribution in [0.2, 0.25) is 0 Å². The lowest BCUT2D eigenvalue weighted by atomic mass is 10.1. The molecule has 2 amide bonds. The first-order valence-corrected chi connectivity index (χ1v) is 9.51. The molecule has 1 aliphatic rings. The third-order valence-corrected chi connectivity index (χ3v) is 5.75. The highest BCUT2D eigenvalue weighted by Crippen LogP contribution is 2.27. The first-order valence-electron chi connectivity index (χ1n) is 8.70. The summed E-state index contributed by atoms with van der Waals surface area (Å²) in [5.41, 5.74) is 1.93. The molecule has 1 aromatic heterocycles. The van der Waals surface area contributed by atoms with Gasteiger partial charge in [-0.05, 0) is 36.8 Å². The predicted octanol–water partition coefficient (Wildman–Crippen LogP) is 3.41. The van der Waals surface area contributed by atoms with Gasteiger partial charge in [0.25, 0.3) is 0 Å². The Balaban J connectivity index is 1.40. The molecule has 0 spiro atoms. The third kappa shape index (κ3) is 3.55. The molecule has 138 valence electrons. The van der Waals surface area contributed by atoms with Crippen molar-refractivity contribution in [1.82, 2.24) is 10.3 Å². The van der Waals surface area contributed by atoms with E-state index in [-0.39, 0.29) is 30.6 Å². The van der Waals surface area contributed by atoms with Crippen molar-refractivity contribution >= 4 is 39.1 Å². The molecule has 0 aliphatic carbocycles. The van der Waals surface area contributed by atoms with Gasteiger partial charge in [-0.1, -0.05) is 18.2 Å².